The molecule has 1 rings (SSSR count). The Balaban J connectivity index is 1.98. The van der Waals surface area contributed by atoms with Crippen LogP contribution in [0, 0.1) is 0 Å². The highest BCUT2D eigenvalue weighted by atomic mass is 16.5. The van der Waals surface area contributed by atoms with E-state index in [2.05, 4.69) is 12.2 Å². The number of hydrogen-bond donors (Lipinski definition) is 1. The summed E-state index contributed by atoms with van der Waals surface area (Å²) in [6.45, 7) is 3.31. The van der Waals surface area contributed by atoms with Crippen LogP contribution in [-0.4, -0.2) is 25.8 Å². The van der Waals surface area contributed by atoms with Crippen molar-refractivity contribution in [3.8, 4) is 0 Å². The van der Waals surface area contributed by atoms with E-state index in [9.17, 15) is 0 Å². The third-order valence-electron chi connectivity index (χ3n) is 3.48. The average molecular weight is 213 g/mol. The number of methoxy groups -OCH3 is 1. The van der Waals surface area contributed by atoms with Crippen LogP contribution in [0.2, 0.25) is 0 Å². The molecule has 1 saturated carbocycles. The molecule has 0 amide bonds. The monoisotopic (exact) mass is 213 g/mol. The summed E-state index contributed by atoms with van der Waals surface area (Å²) in [6.07, 6.45) is 11.3. The highest BCUT2D eigenvalue weighted by molar-refractivity contribution is 4.70. The van der Waals surface area contributed by atoms with Crippen LogP contribution in [0.25, 0.3) is 0 Å². The van der Waals surface area contributed by atoms with Crippen molar-refractivity contribution in [2.75, 3.05) is 13.7 Å². The van der Waals surface area contributed by atoms with E-state index in [1.807, 2.05) is 0 Å². The zero-order valence-corrected chi connectivity index (χ0v) is 10.4. The summed E-state index contributed by atoms with van der Waals surface area (Å²) in [5.41, 5.74) is 0. The predicted octanol–water partition coefficient (Wildman–Crippen LogP) is 3.11. The van der Waals surface area contributed by atoms with E-state index in [0.717, 1.165) is 6.04 Å². The van der Waals surface area contributed by atoms with Crippen molar-refractivity contribution in [1.82, 2.24) is 5.32 Å². The maximum absolute atomic E-state index is 5.23. The van der Waals surface area contributed by atoms with Gasteiger partial charge in [-0.3, -0.25) is 0 Å². The van der Waals surface area contributed by atoms with Crippen molar-refractivity contribution in [3.63, 3.8) is 0 Å². The molecule has 0 radical (unpaired) electrons. The molecule has 0 saturated heterocycles. The Bertz CT molecular complexity index is 141. The topological polar surface area (TPSA) is 21.3 Å². The van der Waals surface area contributed by atoms with Gasteiger partial charge in [-0.25, -0.2) is 0 Å². The first-order valence-electron chi connectivity index (χ1n) is 6.59. The number of rotatable bonds is 6. The molecule has 2 nitrogen and oxygen atoms in total. The Hall–Kier alpha value is -0.0800. The fourth-order valence-corrected chi connectivity index (χ4v) is 2.30. The van der Waals surface area contributed by atoms with Gasteiger partial charge in [-0.2, -0.15) is 0 Å². The van der Waals surface area contributed by atoms with Crippen molar-refractivity contribution >= 4 is 0 Å². The lowest BCUT2D eigenvalue weighted by atomic mass is 10.1. The summed E-state index contributed by atoms with van der Waals surface area (Å²) >= 11 is 0. The zero-order chi connectivity index (χ0) is 10.9. The molecule has 1 atom stereocenters. The molecule has 1 fully saturated rings. The van der Waals surface area contributed by atoms with Gasteiger partial charge in [0.15, 0.2) is 0 Å². The summed E-state index contributed by atoms with van der Waals surface area (Å²) in [5.74, 6) is 0. The van der Waals surface area contributed by atoms with Gasteiger partial charge in [-0.05, 0) is 39.2 Å². The molecule has 1 unspecified atom stereocenters. The van der Waals surface area contributed by atoms with E-state index < -0.39 is 0 Å². The van der Waals surface area contributed by atoms with Crippen LogP contribution in [0.1, 0.15) is 58.3 Å². The van der Waals surface area contributed by atoms with E-state index in [1.165, 1.54) is 57.9 Å². The molecule has 90 valence electrons. The van der Waals surface area contributed by atoms with Gasteiger partial charge in [0.1, 0.15) is 0 Å². The maximum Gasteiger partial charge on any atom is 0.0543 e. The van der Waals surface area contributed by atoms with E-state index in [4.69, 9.17) is 4.74 Å². The number of nitrogens with one attached hydrogen (secondary N) is 1. The predicted molar refractivity (Wildman–Crippen MR) is 65.2 cm³/mol. The highest BCUT2D eigenvalue weighted by Gasteiger charge is 2.10. The quantitative estimate of drug-likeness (QED) is 0.541. The molecule has 2 heteroatoms. The molecule has 15 heavy (non-hydrogen) atoms. The minimum absolute atomic E-state index is 0.418. The van der Waals surface area contributed by atoms with Gasteiger partial charge in [-0.15, -0.1) is 0 Å². The van der Waals surface area contributed by atoms with Crippen molar-refractivity contribution in [2.45, 2.75) is 70.4 Å². The Kier molecular flexibility index (Phi) is 7.03. The molecule has 0 spiro atoms. The van der Waals surface area contributed by atoms with Gasteiger partial charge in [0.25, 0.3) is 0 Å². The minimum atomic E-state index is 0.418. The molecule has 0 aliphatic heterocycles. The van der Waals surface area contributed by atoms with Crippen molar-refractivity contribution in [3.05, 3.63) is 0 Å². The molecule has 1 aliphatic rings. The normalized spacial score (nSPS) is 21.2. The van der Waals surface area contributed by atoms with E-state index in [-0.39, 0.29) is 0 Å². The molecule has 0 bridgehead atoms. The van der Waals surface area contributed by atoms with Crippen molar-refractivity contribution < 1.29 is 4.74 Å². The molecular formula is C13H27NO. The first-order chi connectivity index (χ1) is 7.33. The van der Waals surface area contributed by atoms with Gasteiger partial charge in [-0.1, -0.05) is 25.7 Å². The van der Waals surface area contributed by atoms with Crippen LogP contribution in [0.3, 0.4) is 0 Å². The first kappa shape index (κ1) is 13.0. The lowest BCUT2D eigenvalue weighted by Gasteiger charge is -2.16. The largest absolute Gasteiger partial charge is 0.382 e. The molecule has 0 heterocycles. The first-order valence-corrected chi connectivity index (χ1v) is 6.59. The second-order valence-corrected chi connectivity index (χ2v) is 4.83. The van der Waals surface area contributed by atoms with Crippen LogP contribution in [-0.2, 0) is 4.74 Å². The summed E-state index contributed by atoms with van der Waals surface area (Å²) in [4.78, 5) is 0. The highest BCUT2D eigenvalue weighted by Crippen LogP contribution is 2.17. The molecule has 0 aromatic heterocycles. The van der Waals surface area contributed by atoms with E-state index >= 15 is 0 Å². The van der Waals surface area contributed by atoms with Gasteiger partial charge in [0.05, 0.1) is 6.10 Å². The number of ether oxygens (including phenoxy) is 1. The number of hydrogen-bond acceptors (Lipinski definition) is 2. The lowest BCUT2D eigenvalue weighted by molar-refractivity contribution is 0.109. The summed E-state index contributed by atoms with van der Waals surface area (Å²) in [5, 5.41) is 3.69. The molecule has 1 N–H and O–H groups in total. The average Bonchev–Trinajstić information content (AvgIpc) is 2.52. The fraction of sp³-hybridized carbons (Fsp3) is 1.00. The Labute approximate surface area is 94.8 Å². The van der Waals surface area contributed by atoms with Gasteiger partial charge < -0.3 is 10.1 Å². The van der Waals surface area contributed by atoms with Gasteiger partial charge in [0, 0.05) is 13.2 Å². The zero-order valence-electron chi connectivity index (χ0n) is 10.4. The van der Waals surface area contributed by atoms with Gasteiger partial charge in [0.2, 0.25) is 0 Å². The second-order valence-electron chi connectivity index (χ2n) is 4.83. The van der Waals surface area contributed by atoms with Crippen LogP contribution < -0.4 is 5.32 Å². The molecule has 0 aromatic rings. The standard InChI is InChI=1S/C13H27NO/c1-12(15-2)8-7-11-14-13-9-5-3-4-6-10-13/h12-14H,3-11H2,1-2H3. The van der Waals surface area contributed by atoms with E-state index in [0.29, 0.717) is 6.10 Å². The minimum Gasteiger partial charge on any atom is -0.382 e. The van der Waals surface area contributed by atoms with Crippen molar-refractivity contribution in [1.29, 1.82) is 0 Å². The second kappa shape index (κ2) is 8.12. The third-order valence-corrected chi connectivity index (χ3v) is 3.48. The fourth-order valence-electron chi connectivity index (χ4n) is 2.30. The summed E-state index contributed by atoms with van der Waals surface area (Å²) in [7, 11) is 1.80. The van der Waals surface area contributed by atoms with Crippen LogP contribution in [0.15, 0.2) is 0 Å². The Morgan fingerprint density at radius 1 is 1.20 bits per heavy atom. The lowest BCUT2D eigenvalue weighted by Crippen LogP contribution is -2.29. The van der Waals surface area contributed by atoms with Crippen LogP contribution in [0.5, 0.6) is 0 Å². The molecule has 1 aliphatic carbocycles. The van der Waals surface area contributed by atoms with Crippen LogP contribution >= 0.6 is 0 Å². The third kappa shape index (κ3) is 6.16. The molecular weight excluding hydrogens is 186 g/mol. The van der Waals surface area contributed by atoms with Crippen molar-refractivity contribution in [2.24, 2.45) is 0 Å². The van der Waals surface area contributed by atoms with Crippen LogP contribution in [0.4, 0.5) is 0 Å². The SMILES string of the molecule is COC(C)CCCNC1CCCCCC1. The molecule has 0 aromatic carbocycles. The Morgan fingerprint density at radius 3 is 2.47 bits per heavy atom. The summed E-state index contributed by atoms with van der Waals surface area (Å²) < 4.78 is 5.23. The van der Waals surface area contributed by atoms with Gasteiger partial charge >= 0.3 is 0 Å². The maximum atomic E-state index is 5.23. The smallest absolute Gasteiger partial charge is 0.0543 e. The Morgan fingerprint density at radius 2 is 1.87 bits per heavy atom. The van der Waals surface area contributed by atoms with E-state index in [1.54, 1.807) is 7.11 Å². The summed E-state index contributed by atoms with van der Waals surface area (Å²) in [6, 6.07) is 0.797.